The molecule has 0 aliphatic heterocycles. The van der Waals surface area contributed by atoms with E-state index in [1.165, 1.54) is 13.2 Å². The van der Waals surface area contributed by atoms with Gasteiger partial charge in [-0.2, -0.15) is 13.2 Å². The molecule has 0 fully saturated rings. The molecule has 168 valence electrons. The van der Waals surface area contributed by atoms with Crippen LogP contribution in [-0.4, -0.2) is 26.6 Å². The van der Waals surface area contributed by atoms with Crippen molar-refractivity contribution in [1.82, 2.24) is 0 Å². The number of carbonyl (C=O) groups is 1. The summed E-state index contributed by atoms with van der Waals surface area (Å²) in [5, 5.41) is 9.19. The molecule has 2 N–H and O–H groups in total. The summed E-state index contributed by atoms with van der Waals surface area (Å²) >= 11 is 2.06. The summed E-state index contributed by atoms with van der Waals surface area (Å²) in [5.74, 6) is -1.53. The Morgan fingerprint density at radius 1 is 1.03 bits per heavy atom. The fourth-order valence-corrected chi connectivity index (χ4v) is 4.53. The highest BCUT2D eigenvalue weighted by Crippen LogP contribution is 2.37. The summed E-state index contributed by atoms with van der Waals surface area (Å²) in [6.07, 6.45) is -4.70. The van der Waals surface area contributed by atoms with Crippen LogP contribution in [0.2, 0.25) is 0 Å². The van der Waals surface area contributed by atoms with Gasteiger partial charge in [-0.15, -0.1) is 0 Å². The Bertz CT molecular complexity index is 1280. The molecule has 11 heteroatoms. The number of nitrogens with one attached hydrogen (secondary N) is 1. The third-order valence-corrected chi connectivity index (χ3v) is 6.55. The minimum absolute atomic E-state index is 0.162. The predicted molar refractivity (Wildman–Crippen MR) is 120 cm³/mol. The number of halogens is 4. The third kappa shape index (κ3) is 5.15. The van der Waals surface area contributed by atoms with Crippen molar-refractivity contribution in [3.05, 3.63) is 75.4 Å². The van der Waals surface area contributed by atoms with Gasteiger partial charge in [0.25, 0.3) is 10.0 Å². The number of ether oxygens (including phenoxy) is 1. The molecule has 0 spiro atoms. The van der Waals surface area contributed by atoms with Crippen LogP contribution in [0.1, 0.15) is 15.9 Å². The SMILES string of the molecule is COc1ccc(C(=O)O)cc1S(=O)(=O)Nc1cc(C(F)(F)F)ccc1-c1ccc(I)cc1. The maximum Gasteiger partial charge on any atom is 0.416 e. The normalized spacial score (nSPS) is 11.8. The van der Waals surface area contributed by atoms with Gasteiger partial charge in [-0.25, -0.2) is 13.2 Å². The van der Waals surface area contributed by atoms with Gasteiger partial charge in [0.2, 0.25) is 0 Å². The Morgan fingerprint density at radius 2 is 1.69 bits per heavy atom. The van der Waals surface area contributed by atoms with E-state index in [-0.39, 0.29) is 22.6 Å². The van der Waals surface area contributed by atoms with Gasteiger partial charge in [0, 0.05) is 9.13 Å². The lowest BCUT2D eigenvalue weighted by Crippen LogP contribution is -2.16. The second-order valence-electron chi connectivity index (χ2n) is 6.54. The molecular formula is C21H15F3INO5S. The molecule has 3 aromatic rings. The highest BCUT2D eigenvalue weighted by Gasteiger charge is 2.32. The van der Waals surface area contributed by atoms with E-state index in [1.807, 2.05) is 0 Å². The van der Waals surface area contributed by atoms with E-state index >= 15 is 0 Å². The molecule has 0 bridgehead atoms. The molecule has 0 atom stereocenters. The van der Waals surface area contributed by atoms with Crippen molar-refractivity contribution in [1.29, 1.82) is 0 Å². The summed E-state index contributed by atoms with van der Waals surface area (Å²) in [7, 11) is -3.33. The second-order valence-corrected chi connectivity index (χ2v) is 9.44. The van der Waals surface area contributed by atoms with Crippen molar-refractivity contribution in [2.45, 2.75) is 11.1 Å². The smallest absolute Gasteiger partial charge is 0.416 e. The maximum atomic E-state index is 13.3. The van der Waals surface area contributed by atoms with Gasteiger partial charge in [0.15, 0.2) is 0 Å². The Kier molecular flexibility index (Phi) is 6.69. The molecule has 3 aromatic carbocycles. The Hall–Kier alpha value is -2.80. The molecule has 0 heterocycles. The second kappa shape index (κ2) is 8.98. The van der Waals surface area contributed by atoms with E-state index in [0.717, 1.165) is 27.8 Å². The standard InChI is InChI=1S/C21H15F3INO5S/c1-31-18-9-4-13(20(27)28)10-19(18)32(29,30)26-17-11-14(21(22,23)24)5-8-16(17)12-2-6-15(25)7-3-12/h2-11,26H,1H3,(H,27,28). The molecule has 0 radical (unpaired) electrons. The first kappa shape index (κ1) is 23.9. The number of aromatic carboxylic acids is 1. The number of hydrogen-bond acceptors (Lipinski definition) is 4. The Morgan fingerprint density at radius 3 is 2.25 bits per heavy atom. The zero-order valence-electron chi connectivity index (χ0n) is 16.3. The van der Waals surface area contributed by atoms with E-state index in [2.05, 4.69) is 27.3 Å². The fourth-order valence-electron chi connectivity index (χ4n) is 2.91. The number of benzene rings is 3. The minimum atomic E-state index is -4.70. The van der Waals surface area contributed by atoms with Crippen LogP contribution in [0.25, 0.3) is 11.1 Å². The van der Waals surface area contributed by atoms with Crippen molar-refractivity contribution in [2.24, 2.45) is 0 Å². The number of methoxy groups -OCH3 is 1. The largest absolute Gasteiger partial charge is 0.495 e. The summed E-state index contributed by atoms with van der Waals surface area (Å²) in [4.78, 5) is 10.8. The highest BCUT2D eigenvalue weighted by atomic mass is 127. The van der Waals surface area contributed by atoms with Crippen LogP contribution in [0.3, 0.4) is 0 Å². The Balaban J connectivity index is 2.17. The van der Waals surface area contributed by atoms with Crippen LogP contribution in [0.4, 0.5) is 18.9 Å². The van der Waals surface area contributed by atoms with Crippen molar-refractivity contribution < 1.29 is 36.2 Å². The number of alkyl halides is 3. The first-order valence-electron chi connectivity index (χ1n) is 8.84. The molecule has 0 aromatic heterocycles. The molecule has 0 saturated carbocycles. The molecule has 0 saturated heterocycles. The average Bonchev–Trinajstić information content (AvgIpc) is 2.73. The van der Waals surface area contributed by atoms with Gasteiger partial charge in [-0.05, 0) is 70.6 Å². The third-order valence-electron chi connectivity index (χ3n) is 4.45. The lowest BCUT2D eigenvalue weighted by atomic mass is 10.0. The van der Waals surface area contributed by atoms with Crippen LogP contribution >= 0.6 is 22.6 Å². The van der Waals surface area contributed by atoms with Crippen molar-refractivity contribution in [3.63, 3.8) is 0 Å². The molecular weight excluding hydrogens is 562 g/mol. The van der Waals surface area contributed by atoms with Gasteiger partial charge in [-0.1, -0.05) is 18.2 Å². The van der Waals surface area contributed by atoms with Crippen LogP contribution in [0, 0.1) is 3.57 Å². The van der Waals surface area contributed by atoms with E-state index in [4.69, 9.17) is 4.74 Å². The van der Waals surface area contributed by atoms with E-state index in [9.17, 15) is 31.5 Å². The highest BCUT2D eigenvalue weighted by molar-refractivity contribution is 14.1. The number of carboxylic acid groups (broad SMARTS) is 1. The van der Waals surface area contributed by atoms with Crippen molar-refractivity contribution >= 4 is 44.3 Å². The number of hydrogen-bond donors (Lipinski definition) is 2. The molecule has 32 heavy (non-hydrogen) atoms. The van der Waals surface area contributed by atoms with Gasteiger partial charge >= 0.3 is 12.1 Å². The molecule has 6 nitrogen and oxygen atoms in total. The van der Waals surface area contributed by atoms with Gasteiger partial charge in [0.1, 0.15) is 10.6 Å². The first-order valence-corrected chi connectivity index (χ1v) is 11.4. The summed E-state index contributed by atoms with van der Waals surface area (Å²) in [6, 6.07) is 12.7. The van der Waals surface area contributed by atoms with Gasteiger partial charge in [-0.3, -0.25) is 4.72 Å². The fraction of sp³-hybridized carbons (Fsp3) is 0.0952. The molecule has 0 aliphatic carbocycles. The molecule has 0 unspecified atom stereocenters. The first-order chi connectivity index (χ1) is 14.9. The quantitative estimate of drug-likeness (QED) is 0.379. The maximum absolute atomic E-state index is 13.3. The topological polar surface area (TPSA) is 92.7 Å². The van der Waals surface area contributed by atoms with Crippen LogP contribution in [0.5, 0.6) is 5.75 Å². The van der Waals surface area contributed by atoms with Gasteiger partial charge < -0.3 is 9.84 Å². The zero-order valence-corrected chi connectivity index (χ0v) is 19.2. The van der Waals surface area contributed by atoms with Gasteiger partial charge in [0.05, 0.1) is 23.9 Å². The number of anilines is 1. The minimum Gasteiger partial charge on any atom is -0.495 e. The molecule has 0 aliphatic rings. The van der Waals surface area contributed by atoms with Crippen LogP contribution in [-0.2, 0) is 16.2 Å². The van der Waals surface area contributed by atoms with Crippen molar-refractivity contribution in [2.75, 3.05) is 11.8 Å². The van der Waals surface area contributed by atoms with Crippen molar-refractivity contribution in [3.8, 4) is 16.9 Å². The summed E-state index contributed by atoms with van der Waals surface area (Å²) in [6.45, 7) is 0. The van der Waals surface area contributed by atoms with E-state index in [0.29, 0.717) is 11.6 Å². The lowest BCUT2D eigenvalue weighted by Gasteiger charge is -2.17. The number of rotatable bonds is 6. The molecule has 3 rings (SSSR count). The Labute approximate surface area is 195 Å². The number of sulfonamides is 1. The lowest BCUT2D eigenvalue weighted by molar-refractivity contribution is -0.137. The zero-order chi connectivity index (χ0) is 23.7. The monoisotopic (exact) mass is 577 g/mol. The van der Waals surface area contributed by atoms with Crippen LogP contribution in [0.15, 0.2) is 65.6 Å². The van der Waals surface area contributed by atoms with E-state index in [1.54, 1.807) is 24.3 Å². The van der Waals surface area contributed by atoms with Crippen LogP contribution < -0.4 is 9.46 Å². The number of carboxylic acids is 1. The predicted octanol–water partition coefficient (Wildman–Crippen LogP) is 5.48. The summed E-state index contributed by atoms with van der Waals surface area (Å²) < 4.78 is 74.2. The molecule has 0 amide bonds. The van der Waals surface area contributed by atoms with E-state index < -0.39 is 32.6 Å². The average molecular weight is 577 g/mol. The summed E-state index contributed by atoms with van der Waals surface area (Å²) in [5.41, 5.74) is -0.984.